The Morgan fingerprint density at radius 2 is 2.21 bits per heavy atom. The molecule has 1 aromatic heterocycles. The standard InChI is InChI=1S/C10H10FN3/c1-7-6-14(13-10(7)12)9-4-2-3-8(11)5-9/h2-6H,1H3,(H2,12,13). The zero-order valence-electron chi connectivity index (χ0n) is 7.74. The summed E-state index contributed by atoms with van der Waals surface area (Å²) < 4.78 is 14.5. The van der Waals surface area contributed by atoms with Gasteiger partial charge in [0.15, 0.2) is 0 Å². The van der Waals surface area contributed by atoms with Gasteiger partial charge in [0.05, 0.1) is 5.69 Å². The minimum absolute atomic E-state index is 0.283. The van der Waals surface area contributed by atoms with E-state index in [9.17, 15) is 4.39 Å². The van der Waals surface area contributed by atoms with Crippen LogP contribution >= 0.6 is 0 Å². The van der Waals surface area contributed by atoms with E-state index in [-0.39, 0.29) is 5.82 Å². The van der Waals surface area contributed by atoms with Gasteiger partial charge in [0.2, 0.25) is 0 Å². The van der Waals surface area contributed by atoms with Gasteiger partial charge >= 0.3 is 0 Å². The van der Waals surface area contributed by atoms with Crippen molar-refractivity contribution in [1.82, 2.24) is 9.78 Å². The molecule has 0 radical (unpaired) electrons. The smallest absolute Gasteiger partial charge is 0.148 e. The van der Waals surface area contributed by atoms with E-state index in [1.807, 2.05) is 6.92 Å². The maximum atomic E-state index is 12.9. The Kier molecular flexibility index (Phi) is 1.96. The Morgan fingerprint density at radius 3 is 2.79 bits per heavy atom. The first kappa shape index (κ1) is 8.74. The van der Waals surface area contributed by atoms with Crippen molar-refractivity contribution in [2.75, 3.05) is 5.73 Å². The molecule has 72 valence electrons. The molecule has 0 saturated heterocycles. The van der Waals surface area contributed by atoms with Crippen LogP contribution in [0, 0.1) is 12.7 Å². The van der Waals surface area contributed by atoms with Crippen molar-refractivity contribution >= 4 is 5.82 Å². The lowest BCUT2D eigenvalue weighted by Gasteiger charge is -1.99. The largest absolute Gasteiger partial charge is 0.382 e. The molecule has 0 saturated carbocycles. The Bertz CT molecular complexity index is 443. The van der Waals surface area contributed by atoms with Gasteiger partial charge in [-0.2, -0.15) is 5.10 Å². The number of aromatic nitrogens is 2. The molecule has 0 unspecified atom stereocenters. The van der Waals surface area contributed by atoms with Gasteiger partial charge < -0.3 is 5.73 Å². The summed E-state index contributed by atoms with van der Waals surface area (Å²) in [6, 6.07) is 6.21. The van der Waals surface area contributed by atoms with Crippen molar-refractivity contribution < 1.29 is 4.39 Å². The second-order valence-corrected chi connectivity index (χ2v) is 3.12. The number of benzene rings is 1. The van der Waals surface area contributed by atoms with Crippen LogP contribution in [0.5, 0.6) is 0 Å². The highest BCUT2D eigenvalue weighted by molar-refractivity contribution is 5.40. The summed E-state index contributed by atoms with van der Waals surface area (Å²) in [4.78, 5) is 0. The number of nitrogens with zero attached hydrogens (tertiary/aromatic N) is 2. The van der Waals surface area contributed by atoms with Crippen molar-refractivity contribution in [1.29, 1.82) is 0 Å². The topological polar surface area (TPSA) is 43.8 Å². The molecule has 2 aromatic rings. The molecule has 1 aromatic carbocycles. The third kappa shape index (κ3) is 1.46. The fourth-order valence-corrected chi connectivity index (χ4v) is 1.22. The molecule has 0 amide bonds. The Balaban J connectivity index is 2.49. The molecule has 3 nitrogen and oxygen atoms in total. The molecule has 0 spiro atoms. The maximum Gasteiger partial charge on any atom is 0.148 e. The molecule has 0 atom stereocenters. The van der Waals surface area contributed by atoms with Crippen LogP contribution in [0.3, 0.4) is 0 Å². The minimum Gasteiger partial charge on any atom is -0.382 e. The zero-order chi connectivity index (χ0) is 10.1. The Morgan fingerprint density at radius 1 is 1.43 bits per heavy atom. The van der Waals surface area contributed by atoms with Crippen LogP contribution in [0.1, 0.15) is 5.56 Å². The monoisotopic (exact) mass is 191 g/mol. The molecule has 0 bridgehead atoms. The van der Waals surface area contributed by atoms with Crippen LogP contribution in [-0.4, -0.2) is 9.78 Å². The SMILES string of the molecule is Cc1cn(-c2cccc(F)c2)nc1N. The highest BCUT2D eigenvalue weighted by atomic mass is 19.1. The lowest BCUT2D eigenvalue weighted by Crippen LogP contribution is -1.96. The van der Waals surface area contributed by atoms with Crippen LogP contribution in [-0.2, 0) is 0 Å². The van der Waals surface area contributed by atoms with E-state index in [1.165, 1.54) is 12.1 Å². The number of aryl methyl sites for hydroxylation is 1. The summed E-state index contributed by atoms with van der Waals surface area (Å²) in [5, 5.41) is 4.05. The van der Waals surface area contributed by atoms with Gasteiger partial charge in [0.1, 0.15) is 11.6 Å². The van der Waals surface area contributed by atoms with Crippen LogP contribution < -0.4 is 5.73 Å². The fourth-order valence-electron chi connectivity index (χ4n) is 1.22. The van der Waals surface area contributed by atoms with Crippen LogP contribution in [0.2, 0.25) is 0 Å². The lowest BCUT2D eigenvalue weighted by molar-refractivity contribution is 0.625. The first-order valence-electron chi connectivity index (χ1n) is 4.24. The summed E-state index contributed by atoms with van der Waals surface area (Å²) in [5.74, 6) is 0.184. The first-order valence-corrected chi connectivity index (χ1v) is 4.24. The molecular weight excluding hydrogens is 181 g/mol. The fraction of sp³-hybridized carbons (Fsp3) is 0.100. The van der Waals surface area contributed by atoms with Crippen molar-refractivity contribution in [2.45, 2.75) is 6.92 Å². The van der Waals surface area contributed by atoms with Gasteiger partial charge in [-0.25, -0.2) is 9.07 Å². The van der Waals surface area contributed by atoms with Crippen molar-refractivity contribution in [2.24, 2.45) is 0 Å². The molecule has 0 aliphatic heterocycles. The van der Waals surface area contributed by atoms with Crippen molar-refractivity contribution in [3.8, 4) is 5.69 Å². The summed E-state index contributed by atoms with van der Waals surface area (Å²) >= 11 is 0. The summed E-state index contributed by atoms with van der Waals surface area (Å²) in [6.07, 6.45) is 1.77. The number of rotatable bonds is 1. The number of nitrogens with two attached hydrogens (primary N) is 1. The van der Waals surface area contributed by atoms with Crippen molar-refractivity contribution in [3.05, 3.63) is 41.8 Å². The van der Waals surface area contributed by atoms with Crippen molar-refractivity contribution in [3.63, 3.8) is 0 Å². The highest BCUT2D eigenvalue weighted by Crippen LogP contribution is 2.13. The van der Waals surface area contributed by atoms with E-state index in [4.69, 9.17) is 5.73 Å². The number of halogens is 1. The maximum absolute atomic E-state index is 12.9. The van der Waals surface area contributed by atoms with Crippen LogP contribution in [0.4, 0.5) is 10.2 Å². The molecule has 4 heteroatoms. The molecule has 2 rings (SSSR count). The number of nitrogen functional groups attached to an aromatic ring is 1. The minimum atomic E-state index is -0.283. The van der Waals surface area contributed by atoms with Gasteiger partial charge in [-0.05, 0) is 25.1 Å². The molecular formula is C10H10FN3. The molecule has 1 heterocycles. The Hall–Kier alpha value is -1.84. The van der Waals surface area contributed by atoms with Crippen LogP contribution in [0.25, 0.3) is 5.69 Å². The third-order valence-corrected chi connectivity index (χ3v) is 2.01. The van der Waals surface area contributed by atoms with E-state index in [0.29, 0.717) is 11.5 Å². The molecule has 2 N–H and O–H groups in total. The average molecular weight is 191 g/mol. The number of hydrogen-bond acceptors (Lipinski definition) is 2. The summed E-state index contributed by atoms with van der Waals surface area (Å²) in [6.45, 7) is 1.86. The first-order chi connectivity index (χ1) is 6.66. The molecule has 14 heavy (non-hydrogen) atoms. The Labute approximate surface area is 81.0 Å². The van der Waals surface area contributed by atoms with E-state index >= 15 is 0 Å². The van der Waals surface area contributed by atoms with E-state index in [0.717, 1.165) is 5.56 Å². The summed E-state index contributed by atoms with van der Waals surface area (Å²) in [7, 11) is 0. The van der Waals surface area contributed by atoms with Crippen LogP contribution in [0.15, 0.2) is 30.5 Å². The van der Waals surface area contributed by atoms with Gasteiger partial charge in [0.25, 0.3) is 0 Å². The second-order valence-electron chi connectivity index (χ2n) is 3.12. The zero-order valence-corrected chi connectivity index (χ0v) is 7.74. The normalized spacial score (nSPS) is 10.4. The molecule has 0 aliphatic rings. The second kappa shape index (κ2) is 3.14. The van der Waals surface area contributed by atoms with Gasteiger partial charge in [-0.3, -0.25) is 0 Å². The number of hydrogen-bond donors (Lipinski definition) is 1. The van der Waals surface area contributed by atoms with E-state index < -0.39 is 0 Å². The molecule has 0 aliphatic carbocycles. The third-order valence-electron chi connectivity index (χ3n) is 2.01. The predicted molar refractivity (Wildman–Crippen MR) is 52.7 cm³/mol. The van der Waals surface area contributed by atoms with Gasteiger partial charge in [0, 0.05) is 11.8 Å². The lowest BCUT2D eigenvalue weighted by atomic mass is 10.3. The quantitative estimate of drug-likeness (QED) is 0.748. The highest BCUT2D eigenvalue weighted by Gasteiger charge is 2.03. The summed E-state index contributed by atoms with van der Waals surface area (Å²) in [5.41, 5.74) is 7.15. The van der Waals surface area contributed by atoms with E-state index in [1.54, 1.807) is 23.0 Å². The average Bonchev–Trinajstić information content (AvgIpc) is 2.47. The van der Waals surface area contributed by atoms with E-state index in [2.05, 4.69) is 5.10 Å². The number of anilines is 1. The van der Waals surface area contributed by atoms with Gasteiger partial charge in [-0.15, -0.1) is 0 Å². The molecule has 0 fully saturated rings. The predicted octanol–water partition coefficient (Wildman–Crippen LogP) is 1.90. The van der Waals surface area contributed by atoms with Gasteiger partial charge in [-0.1, -0.05) is 6.07 Å².